The third-order valence-corrected chi connectivity index (χ3v) is 17.2. The molecule has 19 heteroatoms. The first kappa shape index (κ1) is 85.5. The van der Waals surface area contributed by atoms with Crippen LogP contribution in [0.15, 0.2) is 24.3 Å². The molecule has 0 aromatic carbocycles. The predicted octanol–water partition coefficient (Wildman–Crippen LogP) is 19.2. The van der Waals surface area contributed by atoms with Crippen LogP contribution in [-0.2, 0) is 65.4 Å². The highest BCUT2D eigenvalue weighted by Crippen LogP contribution is 2.45. The maximum absolute atomic E-state index is 13.0. The number of unbranched alkanes of at least 4 members (excludes halogenated alkanes) is 33. The van der Waals surface area contributed by atoms with E-state index in [2.05, 4.69) is 65.8 Å². The topological polar surface area (TPSA) is 237 Å². The molecule has 0 aliphatic carbocycles. The lowest BCUT2D eigenvalue weighted by Gasteiger charge is -2.21. The van der Waals surface area contributed by atoms with Crippen LogP contribution in [0.1, 0.15) is 324 Å². The molecule has 2 unspecified atom stereocenters. The van der Waals surface area contributed by atoms with Crippen LogP contribution in [0.5, 0.6) is 0 Å². The minimum atomic E-state index is -4.96. The van der Waals surface area contributed by atoms with Crippen molar-refractivity contribution >= 4 is 39.5 Å². The van der Waals surface area contributed by atoms with Crippen LogP contribution in [-0.4, -0.2) is 96.7 Å². The monoisotopic (exact) mass is 1290 g/mol. The Balaban J connectivity index is 5.26. The highest BCUT2D eigenvalue weighted by Gasteiger charge is 2.30. The number of rotatable bonds is 66. The number of carbonyl (C=O) groups excluding carboxylic acids is 4. The molecule has 17 nitrogen and oxygen atoms in total. The molecule has 5 atom stereocenters. The number of carbonyl (C=O) groups is 4. The second-order valence-electron chi connectivity index (χ2n) is 25.2. The van der Waals surface area contributed by atoms with Gasteiger partial charge in [0.2, 0.25) is 0 Å². The first-order valence-corrected chi connectivity index (χ1v) is 38.3. The van der Waals surface area contributed by atoms with Gasteiger partial charge in [-0.2, -0.15) is 0 Å². The molecular weight excluding hydrogens is 1160 g/mol. The fourth-order valence-corrected chi connectivity index (χ4v) is 11.5. The van der Waals surface area contributed by atoms with Gasteiger partial charge in [-0.05, 0) is 63.2 Å². The SMILES string of the molecule is CCCCCC/C=C\C=C/CCCCCCCC(=O)O[C@H](COC(=O)CCCCCCCCCCCCCCC(C)C)COP(=O)(O)OC[C@@H](O)COP(=O)(O)OC[C@@H](COC(=O)CCCCCCCCCC)OC(=O)CCCCCCCCCC(C)C. The molecule has 0 spiro atoms. The van der Waals surface area contributed by atoms with E-state index in [-0.39, 0.29) is 25.7 Å². The van der Waals surface area contributed by atoms with E-state index >= 15 is 0 Å². The van der Waals surface area contributed by atoms with Gasteiger partial charge in [0, 0.05) is 25.7 Å². The van der Waals surface area contributed by atoms with Gasteiger partial charge >= 0.3 is 39.5 Å². The van der Waals surface area contributed by atoms with E-state index in [1.54, 1.807) is 0 Å². The Morgan fingerprint density at radius 2 is 0.614 bits per heavy atom. The van der Waals surface area contributed by atoms with E-state index in [0.717, 1.165) is 115 Å². The molecule has 0 fully saturated rings. The summed E-state index contributed by atoms with van der Waals surface area (Å²) >= 11 is 0. The first-order valence-electron chi connectivity index (χ1n) is 35.3. The molecule has 3 N–H and O–H groups in total. The van der Waals surface area contributed by atoms with Gasteiger partial charge in [0.05, 0.1) is 26.4 Å². The second kappa shape index (κ2) is 60.8. The van der Waals surface area contributed by atoms with Gasteiger partial charge in [-0.1, -0.05) is 271 Å². The molecule has 0 aromatic heterocycles. The number of phosphoric ester groups is 2. The molecule has 88 heavy (non-hydrogen) atoms. The zero-order valence-electron chi connectivity index (χ0n) is 56.5. The lowest BCUT2D eigenvalue weighted by Crippen LogP contribution is -2.30. The number of ether oxygens (including phenoxy) is 4. The summed E-state index contributed by atoms with van der Waals surface area (Å²) in [5.41, 5.74) is 0. The third kappa shape index (κ3) is 62.4. The van der Waals surface area contributed by atoms with E-state index in [0.29, 0.717) is 31.6 Å². The van der Waals surface area contributed by atoms with Crippen LogP contribution < -0.4 is 0 Å². The Labute approximate surface area is 535 Å². The number of phosphoric acid groups is 2. The molecule has 0 saturated carbocycles. The lowest BCUT2D eigenvalue weighted by molar-refractivity contribution is -0.161. The van der Waals surface area contributed by atoms with Gasteiger partial charge < -0.3 is 33.8 Å². The molecule has 0 aliphatic heterocycles. The normalized spacial score (nSPS) is 14.4. The number of aliphatic hydroxyl groups is 1. The van der Waals surface area contributed by atoms with Crippen molar-refractivity contribution in [2.45, 2.75) is 342 Å². The van der Waals surface area contributed by atoms with Crippen molar-refractivity contribution in [2.75, 3.05) is 39.6 Å². The van der Waals surface area contributed by atoms with E-state index in [1.807, 2.05) is 0 Å². The lowest BCUT2D eigenvalue weighted by atomic mass is 10.0. The molecular formula is C69H130O17P2. The summed E-state index contributed by atoms with van der Waals surface area (Å²) in [6.45, 7) is 9.39. The van der Waals surface area contributed by atoms with Crippen molar-refractivity contribution in [3.8, 4) is 0 Å². The van der Waals surface area contributed by atoms with Crippen LogP contribution in [0.2, 0.25) is 0 Å². The molecule has 0 aliphatic rings. The van der Waals surface area contributed by atoms with Crippen LogP contribution in [0.3, 0.4) is 0 Å². The molecule has 0 saturated heterocycles. The van der Waals surface area contributed by atoms with Crippen LogP contribution in [0, 0.1) is 11.8 Å². The summed E-state index contributed by atoms with van der Waals surface area (Å²) in [6, 6.07) is 0. The summed E-state index contributed by atoms with van der Waals surface area (Å²) in [6.07, 6.45) is 48.2. The molecule has 518 valence electrons. The number of aliphatic hydroxyl groups excluding tert-OH is 1. The predicted molar refractivity (Wildman–Crippen MR) is 354 cm³/mol. The summed E-state index contributed by atoms with van der Waals surface area (Å²) in [7, 11) is -9.91. The quantitative estimate of drug-likeness (QED) is 0.0169. The van der Waals surface area contributed by atoms with E-state index in [1.165, 1.54) is 122 Å². The van der Waals surface area contributed by atoms with Crippen molar-refractivity contribution in [1.29, 1.82) is 0 Å². The van der Waals surface area contributed by atoms with Gasteiger partial charge in [0.15, 0.2) is 12.2 Å². The van der Waals surface area contributed by atoms with Crippen molar-refractivity contribution in [2.24, 2.45) is 11.8 Å². The average molecular weight is 1290 g/mol. The average Bonchev–Trinajstić information content (AvgIpc) is 3.65. The number of hydrogen-bond donors (Lipinski definition) is 3. The molecule has 0 amide bonds. The molecule has 0 rings (SSSR count). The van der Waals surface area contributed by atoms with Crippen molar-refractivity contribution in [3.05, 3.63) is 24.3 Å². The smallest absolute Gasteiger partial charge is 0.462 e. The number of esters is 4. The maximum atomic E-state index is 13.0. The van der Waals surface area contributed by atoms with Gasteiger partial charge in [-0.3, -0.25) is 37.3 Å². The van der Waals surface area contributed by atoms with Gasteiger partial charge in [-0.25, -0.2) is 9.13 Å². The summed E-state index contributed by atoms with van der Waals surface area (Å²) in [5, 5.41) is 10.6. The zero-order valence-corrected chi connectivity index (χ0v) is 58.3. The third-order valence-electron chi connectivity index (χ3n) is 15.3. The van der Waals surface area contributed by atoms with Crippen molar-refractivity contribution < 1.29 is 80.2 Å². The number of hydrogen-bond acceptors (Lipinski definition) is 15. The van der Waals surface area contributed by atoms with E-state index < -0.39 is 97.5 Å². The Kier molecular flexibility index (Phi) is 59.1. The highest BCUT2D eigenvalue weighted by molar-refractivity contribution is 7.47. The second-order valence-corrected chi connectivity index (χ2v) is 28.1. The highest BCUT2D eigenvalue weighted by atomic mass is 31.2. The Morgan fingerprint density at radius 3 is 0.932 bits per heavy atom. The summed E-state index contributed by atoms with van der Waals surface area (Å²) < 4.78 is 68.1. The van der Waals surface area contributed by atoms with Gasteiger partial charge in [-0.15, -0.1) is 0 Å². The van der Waals surface area contributed by atoms with Gasteiger partial charge in [0.1, 0.15) is 19.3 Å². The molecule has 0 heterocycles. The fourth-order valence-electron chi connectivity index (χ4n) is 9.87. The van der Waals surface area contributed by atoms with Gasteiger partial charge in [0.25, 0.3) is 0 Å². The Bertz CT molecular complexity index is 1810. The standard InChI is InChI=1S/C69H130O17P2/c1-7-9-11-13-15-17-18-19-20-21-26-29-35-41-47-53-68(73)85-64(58-80-67(72)52-46-40-34-28-25-23-22-24-27-31-37-43-49-61(3)4)59-83-87(75,76)81-55-63(70)56-82-88(77,78)84-60-65(57-79-66(71)51-45-39-33-16-14-12-10-8-2)86-69(74)54-48-42-36-30-32-38-44-50-62(5)6/h17-20,61-65,70H,7-16,21-60H2,1-6H3,(H,75,76)(H,77,78)/b18-17-,20-19-/t63-,64-,65-/m1/s1. The number of allylic oxidation sites excluding steroid dienone is 4. The van der Waals surface area contributed by atoms with Crippen molar-refractivity contribution in [1.82, 2.24) is 0 Å². The summed E-state index contributed by atoms with van der Waals surface area (Å²) in [5.74, 6) is -0.687. The molecule has 0 aromatic rings. The first-order chi connectivity index (χ1) is 42.4. The minimum Gasteiger partial charge on any atom is -0.462 e. The van der Waals surface area contributed by atoms with Crippen LogP contribution in [0.4, 0.5) is 0 Å². The maximum Gasteiger partial charge on any atom is 0.472 e. The zero-order chi connectivity index (χ0) is 65.0. The Morgan fingerprint density at radius 1 is 0.352 bits per heavy atom. The molecule has 0 radical (unpaired) electrons. The largest absolute Gasteiger partial charge is 0.472 e. The summed E-state index contributed by atoms with van der Waals surface area (Å²) in [4.78, 5) is 72.3. The van der Waals surface area contributed by atoms with E-state index in [4.69, 9.17) is 37.0 Å². The van der Waals surface area contributed by atoms with Crippen molar-refractivity contribution in [3.63, 3.8) is 0 Å². The molecule has 0 bridgehead atoms. The fraction of sp³-hybridized carbons (Fsp3) is 0.884. The van der Waals surface area contributed by atoms with Crippen LogP contribution in [0.25, 0.3) is 0 Å². The Hall–Kier alpha value is -2.46. The van der Waals surface area contributed by atoms with Crippen LogP contribution >= 0.6 is 15.6 Å². The van der Waals surface area contributed by atoms with E-state index in [9.17, 15) is 43.2 Å². The minimum absolute atomic E-state index is 0.0847.